The first-order valence-electron chi connectivity index (χ1n) is 4.90. The van der Waals surface area contributed by atoms with E-state index in [4.69, 9.17) is 5.11 Å². The highest BCUT2D eigenvalue weighted by atomic mass is 32.2. The maximum atomic E-state index is 13.2. The van der Waals surface area contributed by atoms with E-state index in [1.165, 1.54) is 13.0 Å². The summed E-state index contributed by atoms with van der Waals surface area (Å²) in [5.41, 5.74) is 0. The van der Waals surface area contributed by atoms with Gasteiger partial charge in [0.1, 0.15) is 11.9 Å². The number of amides is 1. The quantitative estimate of drug-likeness (QED) is 0.785. The van der Waals surface area contributed by atoms with Crippen molar-refractivity contribution in [3.05, 3.63) is 30.1 Å². The van der Waals surface area contributed by atoms with E-state index in [0.717, 1.165) is 11.8 Å². The molecule has 1 atom stereocenters. The number of carbonyl (C=O) groups is 2. The molecule has 0 aromatic heterocycles. The maximum Gasteiger partial charge on any atom is 0.325 e. The Kier molecular flexibility index (Phi) is 4.96. The summed E-state index contributed by atoms with van der Waals surface area (Å²) in [5, 5.41) is 10.9. The largest absolute Gasteiger partial charge is 0.480 e. The van der Waals surface area contributed by atoms with Crippen LogP contribution in [0.25, 0.3) is 0 Å². The zero-order valence-corrected chi connectivity index (χ0v) is 9.96. The van der Waals surface area contributed by atoms with E-state index in [2.05, 4.69) is 5.32 Å². The molecule has 0 bridgehead atoms. The van der Waals surface area contributed by atoms with Crippen molar-refractivity contribution in [2.45, 2.75) is 17.9 Å². The first-order chi connectivity index (χ1) is 8.00. The number of thioether (sulfide) groups is 1. The van der Waals surface area contributed by atoms with E-state index in [-0.39, 0.29) is 5.75 Å². The fourth-order valence-electron chi connectivity index (χ4n) is 1.05. The average Bonchev–Trinajstić information content (AvgIpc) is 2.27. The zero-order valence-electron chi connectivity index (χ0n) is 9.14. The second-order valence-electron chi connectivity index (χ2n) is 3.35. The first-order valence-corrected chi connectivity index (χ1v) is 5.88. The van der Waals surface area contributed by atoms with Gasteiger partial charge in [-0.2, -0.15) is 0 Å². The average molecular weight is 257 g/mol. The van der Waals surface area contributed by atoms with Crippen LogP contribution >= 0.6 is 11.8 Å². The van der Waals surface area contributed by atoms with Crippen molar-refractivity contribution in [3.63, 3.8) is 0 Å². The molecule has 0 heterocycles. The number of carboxylic acid groups (broad SMARTS) is 1. The maximum absolute atomic E-state index is 13.2. The molecule has 0 saturated heterocycles. The molecule has 2 N–H and O–H groups in total. The smallest absolute Gasteiger partial charge is 0.325 e. The van der Waals surface area contributed by atoms with Gasteiger partial charge in [-0.05, 0) is 19.1 Å². The lowest BCUT2D eigenvalue weighted by atomic mass is 10.3. The minimum Gasteiger partial charge on any atom is -0.480 e. The van der Waals surface area contributed by atoms with Gasteiger partial charge in [0.2, 0.25) is 5.91 Å². The fraction of sp³-hybridized carbons (Fsp3) is 0.273. The molecular formula is C11H12FNO3S. The SMILES string of the molecule is C[C@H](NC(=O)CSc1ccccc1F)C(=O)O. The molecule has 92 valence electrons. The number of carbonyl (C=O) groups excluding carboxylic acids is 1. The summed E-state index contributed by atoms with van der Waals surface area (Å²) < 4.78 is 13.2. The highest BCUT2D eigenvalue weighted by molar-refractivity contribution is 8.00. The molecule has 0 aliphatic heterocycles. The summed E-state index contributed by atoms with van der Waals surface area (Å²) in [5.74, 6) is -1.95. The number of rotatable bonds is 5. The van der Waals surface area contributed by atoms with Gasteiger partial charge in [-0.3, -0.25) is 9.59 Å². The Morgan fingerprint density at radius 2 is 2.12 bits per heavy atom. The van der Waals surface area contributed by atoms with Crippen LogP contribution in [0.4, 0.5) is 4.39 Å². The minimum atomic E-state index is -1.10. The molecule has 0 fully saturated rings. The summed E-state index contributed by atoms with van der Waals surface area (Å²) in [6.45, 7) is 1.37. The van der Waals surface area contributed by atoms with E-state index in [0.29, 0.717) is 4.90 Å². The van der Waals surface area contributed by atoms with Gasteiger partial charge in [-0.25, -0.2) is 4.39 Å². The molecule has 4 nitrogen and oxygen atoms in total. The number of benzene rings is 1. The van der Waals surface area contributed by atoms with Crippen molar-refractivity contribution >= 4 is 23.6 Å². The number of carboxylic acids is 1. The minimum absolute atomic E-state index is 0.0153. The van der Waals surface area contributed by atoms with Crippen molar-refractivity contribution in [2.75, 3.05) is 5.75 Å². The molecule has 1 amide bonds. The molecule has 0 unspecified atom stereocenters. The van der Waals surface area contributed by atoms with Gasteiger partial charge in [-0.1, -0.05) is 12.1 Å². The molecule has 1 rings (SSSR count). The third-order valence-corrected chi connectivity index (χ3v) is 2.99. The van der Waals surface area contributed by atoms with E-state index < -0.39 is 23.7 Å². The monoisotopic (exact) mass is 257 g/mol. The van der Waals surface area contributed by atoms with Gasteiger partial charge in [0.15, 0.2) is 0 Å². The molecule has 0 spiro atoms. The Balaban J connectivity index is 2.44. The summed E-state index contributed by atoms with van der Waals surface area (Å²) in [6, 6.07) is 5.16. The van der Waals surface area contributed by atoms with Crippen LogP contribution in [0.1, 0.15) is 6.92 Å². The molecule has 6 heteroatoms. The van der Waals surface area contributed by atoms with Crippen molar-refractivity contribution < 1.29 is 19.1 Å². The topological polar surface area (TPSA) is 66.4 Å². The van der Waals surface area contributed by atoms with Crippen LogP contribution in [0, 0.1) is 5.82 Å². The van der Waals surface area contributed by atoms with Gasteiger partial charge in [0.05, 0.1) is 5.75 Å². The summed E-state index contributed by atoms with van der Waals surface area (Å²) in [4.78, 5) is 22.2. The van der Waals surface area contributed by atoms with Crippen LogP contribution in [0.15, 0.2) is 29.2 Å². The Morgan fingerprint density at radius 1 is 1.47 bits per heavy atom. The Bertz CT molecular complexity index is 425. The lowest BCUT2D eigenvalue weighted by Crippen LogP contribution is -2.39. The normalized spacial score (nSPS) is 11.9. The second-order valence-corrected chi connectivity index (χ2v) is 4.36. The van der Waals surface area contributed by atoms with E-state index in [9.17, 15) is 14.0 Å². The lowest BCUT2D eigenvalue weighted by Gasteiger charge is -2.08. The molecular weight excluding hydrogens is 245 g/mol. The second kappa shape index (κ2) is 6.24. The number of halogens is 1. The van der Waals surface area contributed by atoms with Gasteiger partial charge in [-0.15, -0.1) is 11.8 Å². The molecule has 0 aliphatic rings. The van der Waals surface area contributed by atoms with E-state index in [1.807, 2.05) is 0 Å². The van der Waals surface area contributed by atoms with Crippen LogP contribution in [0.3, 0.4) is 0 Å². The van der Waals surface area contributed by atoms with Crippen molar-refractivity contribution in [2.24, 2.45) is 0 Å². The zero-order chi connectivity index (χ0) is 12.8. The van der Waals surface area contributed by atoms with Crippen molar-refractivity contribution in [1.82, 2.24) is 5.32 Å². The number of hydrogen-bond acceptors (Lipinski definition) is 3. The van der Waals surface area contributed by atoms with E-state index in [1.54, 1.807) is 18.2 Å². The summed E-state index contributed by atoms with van der Waals surface area (Å²) in [7, 11) is 0. The predicted octanol–water partition coefficient (Wildman–Crippen LogP) is 1.51. The van der Waals surface area contributed by atoms with Crippen LogP contribution in [0.2, 0.25) is 0 Å². The highest BCUT2D eigenvalue weighted by Crippen LogP contribution is 2.20. The Morgan fingerprint density at radius 3 is 2.71 bits per heavy atom. The fourth-order valence-corrected chi connectivity index (χ4v) is 1.80. The molecule has 0 radical (unpaired) electrons. The standard InChI is InChI=1S/C11H12FNO3S/c1-7(11(15)16)13-10(14)6-17-9-5-3-2-4-8(9)12/h2-5,7H,6H2,1H3,(H,13,14)(H,15,16)/t7-/m0/s1. The molecule has 1 aromatic carbocycles. The molecule has 17 heavy (non-hydrogen) atoms. The van der Waals surface area contributed by atoms with Crippen LogP contribution < -0.4 is 5.32 Å². The van der Waals surface area contributed by atoms with Crippen LogP contribution in [-0.4, -0.2) is 28.8 Å². The third kappa shape index (κ3) is 4.44. The number of hydrogen-bond donors (Lipinski definition) is 2. The summed E-state index contributed by atoms with van der Waals surface area (Å²) >= 11 is 1.03. The third-order valence-electron chi connectivity index (χ3n) is 1.94. The van der Waals surface area contributed by atoms with Gasteiger partial charge in [0.25, 0.3) is 0 Å². The van der Waals surface area contributed by atoms with Gasteiger partial charge >= 0.3 is 5.97 Å². The van der Waals surface area contributed by atoms with Crippen molar-refractivity contribution in [1.29, 1.82) is 0 Å². The number of aliphatic carboxylic acids is 1. The Hall–Kier alpha value is -1.56. The first kappa shape index (κ1) is 13.5. The molecule has 0 aliphatic carbocycles. The predicted molar refractivity (Wildman–Crippen MR) is 62.4 cm³/mol. The molecule has 1 aromatic rings. The van der Waals surface area contributed by atoms with Crippen LogP contribution in [-0.2, 0) is 9.59 Å². The lowest BCUT2D eigenvalue weighted by molar-refractivity contribution is -0.140. The van der Waals surface area contributed by atoms with Gasteiger partial charge in [0, 0.05) is 4.90 Å². The number of nitrogens with one attached hydrogen (secondary N) is 1. The van der Waals surface area contributed by atoms with Crippen molar-refractivity contribution in [3.8, 4) is 0 Å². The van der Waals surface area contributed by atoms with E-state index >= 15 is 0 Å². The van der Waals surface area contributed by atoms with Crippen LogP contribution in [0.5, 0.6) is 0 Å². The summed E-state index contributed by atoms with van der Waals surface area (Å²) in [6.07, 6.45) is 0. The highest BCUT2D eigenvalue weighted by Gasteiger charge is 2.14. The van der Waals surface area contributed by atoms with Gasteiger partial charge < -0.3 is 10.4 Å². The molecule has 0 saturated carbocycles. The Labute approximate surface area is 102 Å².